The minimum Gasteiger partial charge on any atom is -0.328 e. The second-order valence-electron chi connectivity index (χ2n) is 5.30. The van der Waals surface area contributed by atoms with Gasteiger partial charge in [0.1, 0.15) is 10.7 Å². The summed E-state index contributed by atoms with van der Waals surface area (Å²) in [4.78, 5) is 42.6. The fourth-order valence-electron chi connectivity index (χ4n) is 2.75. The third-order valence-electron chi connectivity index (χ3n) is 4.00. The highest BCUT2D eigenvalue weighted by atomic mass is 32.1. The summed E-state index contributed by atoms with van der Waals surface area (Å²) in [6, 6.07) is 1.15. The number of nitrogens with zero attached hydrogens (tertiary/aromatic N) is 4. The highest BCUT2D eigenvalue weighted by molar-refractivity contribution is 7.09. The van der Waals surface area contributed by atoms with Crippen LogP contribution in [0.3, 0.4) is 0 Å². The summed E-state index contributed by atoms with van der Waals surface area (Å²) in [5, 5.41) is 2.77. The van der Waals surface area contributed by atoms with Crippen LogP contribution in [0.4, 0.5) is 0 Å². The first kappa shape index (κ1) is 14.7. The molecule has 1 fully saturated rings. The maximum atomic E-state index is 12.8. The van der Waals surface area contributed by atoms with Gasteiger partial charge in [-0.1, -0.05) is 0 Å². The highest BCUT2D eigenvalue weighted by Gasteiger charge is 2.33. The number of aromatic nitrogens is 3. The van der Waals surface area contributed by atoms with Crippen LogP contribution in [-0.2, 0) is 14.1 Å². The van der Waals surface area contributed by atoms with Gasteiger partial charge in [0.2, 0.25) is 0 Å². The van der Waals surface area contributed by atoms with Crippen molar-refractivity contribution >= 4 is 17.2 Å². The number of rotatable bonds is 2. The van der Waals surface area contributed by atoms with Crippen molar-refractivity contribution in [1.29, 1.82) is 0 Å². The monoisotopic (exact) mass is 320 g/mol. The van der Waals surface area contributed by atoms with Crippen LogP contribution in [0.15, 0.2) is 27.2 Å². The molecule has 1 amide bonds. The van der Waals surface area contributed by atoms with E-state index in [9.17, 15) is 14.4 Å². The molecule has 7 nitrogen and oxygen atoms in total. The Hall–Kier alpha value is -2.22. The number of likely N-dealkylation sites (tertiary alicyclic amines) is 1. The third kappa shape index (κ3) is 2.29. The molecule has 22 heavy (non-hydrogen) atoms. The lowest BCUT2D eigenvalue weighted by atomic mass is 10.2. The van der Waals surface area contributed by atoms with Crippen LogP contribution in [-0.4, -0.2) is 31.5 Å². The van der Waals surface area contributed by atoms with Gasteiger partial charge in [0.25, 0.3) is 11.5 Å². The first-order valence-corrected chi connectivity index (χ1v) is 7.86. The van der Waals surface area contributed by atoms with Gasteiger partial charge in [0.05, 0.1) is 6.04 Å². The van der Waals surface area contributed by atoms with Crippen molar-refractivity contribution in [3.8, 4) is 0 Å². The van der Waals surface area contributed by atoms with Crippen LogP contribution < -0.4 is 11.2 Å². The number of hydrogen-bond donors (Lipinski definition) is 0. The molecule has 0 radical (unpaired) electrons. The molecule has 116 valence electrons. The van der Waals surface area contributed by atoms with Gasteiger partial charge in [-0.3, -0.25) is 18.7 Å². The normalized spacial score (nSPS) is 17.9. The predicted molar refractivity (Wildman–Crippen MR) is 82.0 cm³/mol. The van der Waals surface area contributed by atoms with Gasteiger partial charge in [0, 0.05) is 38.3 Å². The zero-order valence-corrected chi connectivity index (χ0v) is 13.2. The molecule has 0 bridgehead atoms. The second kappa shape index (κ2) is 5.53. The molecule has 0 unspecified atom stereocenters. The van der Waals surface area contributed by atoms with E-state index in [2.05, 4.69) is 4.98 Å². The van der Waals surface area contributed by atoms with Crippen LogP contribution in [0.5, 0.6) is 0 Å². The maximum Gasteiger partial charge on any atom is 0.331 e. The van der Waals surface area contributed by atoms with Crippen molar-refractivity contribution in [2.45, 2.75) is 18.9 Å². The molecule has 1 aliphatic heterocycles. The number of thiazole rings is 1. The molecule has 3 heterocycles. The van der Waals surface area contributed by atoms with E-state index in [4.69, 9.17) is 0 Å². The first-order valence-electron chi connectivity index (χ1n) is 6.98. The van der Waals surface area contributed by atoms with Gasteiger partial charge >= 0.3 is 5.69 Å². The third-order valence-corrected chi connectivity index (χ3v) is 4.87. The predicted octanol–water partition coefficient (Wildman–Crippen LogP) is 0.518. The average Bonchev–Trinajstić information content (AvgIpc) is 3.17. The van der Waals surface area contributed by atoms with E-state index in [0.29, 0.717) is 6.54 Å². The summed E-state index contributed by atoms with van der Waals surface area (Å²) in [6.07, 6.45) is 3.45. The van der Waals surface area contributed by atoms with Gasteiger partial charge in [-0.25, -0.2) is 9.78 Å². The quantitative estimate of drug-likeness (QED) is 0.808. The van der Waals surface area contributed by atoms with Crippen LogP contribution in [0.25, 0.3) is 0 Å². The molecular formula is C14H16N4O3S. The van der Waals surface area contributed by atoms with Crippen molar-refractivity contribution in [2.24, 2.45) is 14.1 Å². The molecule has 2 aromatic heterocycles. The molecule has 3 rings (SSSR count). The molecule has 2 aromatic rings. The lowest BCUT2D eigenvalue weighted by molar-refractivity contribution is 0.0723. The lowest BCUT2D eigenvalue weighted by Crippen LogP contribution is -2.42. The molecule has 0 aliphatic carbocycles. The zero-order chi connectivity index (χ0) is 15.9. The summed E-state index contributed by atoms with van der Waals surface area (Å²) in [6.45, 7) is 0.604. The minimum atomic E-state index is -0.499. The fourth-order valence-corrected chi connectivity index (χ4v) is 3.54. The molecule has 1 atom stereocenters. The number of hydrogen-bond acceptors (Lipinski definition) is 5. The SMILES string of the molecule is Cn1c(C(=O)N2CCC[C@H]2c2nccs2)cc(=O)n(C)c1=O. The van der Waals surface area contributed by atoms with Gasteiger partial charge in [-0.15, -0.1) is 11.3 Å². The Morgan fingerprint density at radius 1 is 1.32 bits per heavy atom. The van der Waals surface area contributed by atoms with Gasteiger partial charge in [-0.2, -0.15) is 0 Å². The molecule has 1 saturated heterocycles. The molecular weight excluding hydrogens is 304 g/mol. The standard InChI is InChI=1S/C14H16N4O3S/c1-16-10(8-11(19)17(2)14(16)21)13(20)18-6-3-4-9(18)12-15-5-7-22-12/h5,7-9H,3-4,6H2,1-2H3/t9-/m0/s1. The molecule has 0 N–H and O–H groups in total. The number of amides is 1. The van der Waals surface area contributed by atoms with Crippen molar-refractivity contribution in [1.82, 2.24) is 19.0 Å². The van der Waals surface area contributed by atoms with E-state index in [0.717, 1.165) is 22.4 Å². The summed E-state index contributed by atoms with van der Waals surface area (Å²) in [5.41, 5.74) is -0.853. The summed E-state index contributed by atoms with van der Waals surface area (Å²) >= 11 is 1.51. The van der Waals surface area contributed by atoms with Crippen LogP contribution in [0.2, 0.25) is 0 Å². The zero-order valence-electron chi connectivity index (χ0n) is 12.4. The molecule has 0 saturated carbocycles. The molecule has 1 aliphatic rings. The smallest absolute Gasteiger partial charge is 0.328 e. The van der Waals surface area contributed by atoms with E-state index < -0.39 is 11.2 Å². The van der Waals surface area contributed by atoms with E-state index >= 15 is 0 Å². The van der Waals surface area contributed by atoms with Gasteiger partial charge in [0.15, 0.2) is 0 Å². The number of carbonyl (C=O) groups excluding carboxylic acids is 1. The minimum absolute atomic E-state index is 0.0772. The van der Waals surface area contributed by atoms with Crippen molar-refractivity contribution in [2.75, 3.05) is 6.54 Å². The molecule has 8 heteroatoms. The van der Waals surface area contributed by atoms with Crippen LogP contribution in [0.1, 0.15) is 34.4 Å². The second-order valence-corrected chi connectivity index (χ2v) is 6.22. The largest absolute Gasteiger partial charge is 0.331 e. The van der Waals surface area contributed by atoms with Crippen molar-refractivity contribution in [3.63, 3.8) is 0 Å². The Morgan fingerprint density at radius 2 is 2.09 bits per heavy atom. The Balaban J connectivity index is 2.01. The van der Waals surface area contributed by atoms with E-state index in [-0.39, 0.29) is 17.6 Å². The lowest BCUT2D eigenvalue weighted by Gasteiger charge is -2.24. The fraction of sp³-hybridized carbons (Fsp3) is 0.429. The molecule has 0 spiro atoms. The van der Waals surface area contributed by atoms with Crippen molar-refractivity contribution < 1.29 is 4.79 Å². The maximum absolute atomic E-state index is 12.8. The van der Waals surface area contributed by atoms with Crippen LogP contribution in [0, 0.1) is 0 Å². The Bertz CT molecular complexity index is 822. The van der Waals surface area contributed by atoms with Gasteiger partial charge in [-0.05, 0) is 12.8 Å². The topological polar surface area (TPSA) is 77.2 Å². The van der Waals surface area contributed by atoms with Gasteiger partial charge < -0.3 is 4.90 Å². The summed E-state index contributed by atoms with van der Waals surface area (Å²) in [7, 11) is 2.90. The summed E-state index contributed by atoms with van der Waals surface area (Å²) < 4.78 is 2.21. The Labute approximate surface area is 130 Å². The Morgan fingerprint density at radius 3 is 2.77 bits per heavy atom. The number of carbonyl (C=O) groups is 1. The Kier molecular flexibility index (Phi) is 3.69. The highest BCUT2D eigenvalue weighted by Crippen LogP contribution is 2.33. The first-order chi connectivity index (χ1) is 10.5. The van der Waals surface area contributed by atoms with E-state index in [1.54, 1.807) is 11.1 Å². The van der Waals surface area contributed by atoms with E-state index in [1.807, 2.05) is 5.38 Å². The molecule has 0 aromatic carbocycles. The summed E-state index contributed by atoms with van der Waals surface area (Å²) in [5.74, 6) is -0.296. The average molecular weight is 320 g/mol. The van der Waals surface area contributed by atoms with E-state index in [1.165, 1.54) is 36.1 Å². The van der Waals surface area contributed by atoms with Crippen molar-refractivity contribution in [3.05, 3.63) is 49.2 Å². The van der Waals surface area contributed by atoms with Crippen LogP contribution >= 0.6 is 11.3 Å².